The van der Waals surface area contributed by atoms with Crippen molar-refractivity contribution in [2.45, 2.75) is 51.2 Å². The fraction of sp³-hybridized carbons (Fsp3) is 0.263. The second kappa shape index (κ2) is 13.4. The molecule has 10 heteroatoms. The maximum atomic E-state index is 13.3. The number of hydrogen-bond donors (Lipinski definition) is 4. The molecule has 1 saturated heterocycles. The first-order valence-electron chi connectivity index (χ1n) is 16.3. The lowest BCUT2D eigenvalue weighted by molar-refractivity contribution is -0.120. The van der Waals surface area contributed by atoms with Gasteiger partial charge >= 0.3 is 0 Å². The smallest absolute Gasteiger partial charge is 0.262 e. The van der Waals surface area contributed by atoms with Crippen LogP contribution in [0, 0.1) is 6.92 Å². The molecule has 7 rings (SSSR count). The number of nitrogens with two attached hydrogens (primary N) is 1. The van der Waals surface area contributed by atoms with E-state index in [1.54, 1.807) is 16.8 Å². The van der Waals surface area contributed by atoms with Crippen molar-refractivity contribution in [3.63, 3.8) is 0 Å². The minimum absolute atomic E-state index is 0.0114. The molecule has 5 N–H and O–H groups in total. The summed E-state index contributed by atoms with van der Waals surface area (Å²) in [7, 11) is 0. The van der Waals surface area contributed by atoms with Gasteiger partial charge in [0, 0.05) is 60.7 Å². The van der Waals surface area contributed by atoms with Crippen LogP contribution >= 0.6 is 11.6 Å². The molecule has 0 unspecified atom stereocenters. The van der Waals surface area contributed by atoms with E-state index in [1.165, 1.54) is 11.1 Å². The van der Waals surface area contributed by atoms with Gasteiger partial charge in [0.2, 0.25) is 11.8 Å². The van der Waals surface area contributed by atoms with Gasteiger partial charge in [0.05, 0.1) is 11.6 Å². The van der Waals surface area contributed by atoms with Crippen LogP contribution in [-0.2, 0) is 29.0 Å². The summed E-state index contributed by atoms with van der Waals surface area (Å²) < 4.78 is 1.57. The van der Waals surface area contributed by atoms with E-state index in [1.807, 2.05) is 36.4 Å². The molecular formula is C38H37ClN6O3. The number of nitrogens with one attached hydrogen (secondary N) is 3. The standard InChI is InChI=1S/C38H37ClN6O3/c1-22-30(25-12-13-45-34(17-25)42-20-27(38(45)48)19-41-21-28-10-11-35(46)43-28)4-2-5-31(22)33-7-3-6-32(37(33)39)24-9-8-23-15-29(16-26(23)14-24)44-36(47)18-40/h2-9,12-14,17,20,28-29,41H,10-11,15-16,18-19,21,40H2,1H3,(H,43,46)(H,44,47)/t28-,29+/m0/s1. The van der Waals surface area contributed by atoms with E-state index in [-0.39, 0.29) is 36.0 Å². The number of hydrogen-bond acceptors (Lipinski definition) is 6. The Labute approximate surface area is 283 Å². The fourth-order valence-corrected chi connectivity index (χ4v) is 7.33. The Kier molecular flexibility index (Phi) is 8.83. The monoisotopic (exact) mass is 660 g/mol. The van der Waals surface area contributed by atoms with E-state index in [0.717, 1.165) is 58.2 Å². The van der Waals surface area contributed by atoms with E-state index >= 15 is 0 Å². The molecule has 2 atom stereocenters. The van der Waals surface area contributed by atoms with Gasteiger partial charge in [0.25, 0.3) is 5.56 Å². The summed E-state index contributed by atoms with van der Waals surface area (Å²) in [5.41, 5.74) is 15.9. The maximum Gasteiger partial charge on any atom is 0.262 e. The second-order valence-electron chi connectivity index (χ2n) is 12.7. The first-order valence-corrected chi connectivity index (χ1v) is 16.7. The number of carbonyl (C=O) groups is 2. The Balaban J connectivity index is 1.13. The van der Waals surface area contributed by atoms with Crippen molar-refractivity contribution in [1.82, 2.24) is 25.3 Å². The highest BCUT2D eigenvalue weighted by Crippen LogP contribution is 2.41. The van der Waals surface area contributed by atoms with Crippen LogP contribution in [0.5, 0.6) is 0 Å². The fourth-order valence-electron chi connectivity index (χ4n) is 6.99. The lowest BCUT2D eigenvalue weighted by atomic mass is 9.91. The van der Waals surface area contributed by atoms with Crippen LogP contribution in [0.3, 0.4) is 0 Å². The topological polar surface area (TPSA) is 131 Å². The van der Waals surface area contributed by atoms with Crippen molar-refractivity contribution >= 4 is 29.1 Å². The first-order chi connectivity index (χ1) is 23.3. The molecule has 3 heterocycles. The van der Waals surface area contributed by atoms with Crippen LogP contribution in [0.4, 0.5) is 0 Å². The molecular weight excluding hydrogens is 624 g/mol. The van der Waals surface area contributed by atoms with Crippen LogP contribution in [0.2, 0.25) is 5.02 Å². The zero-order valence-corrected chi connectivity index (χ0v) is 27.4. The SMILES string of the molecule is Cc1c(-c2ccn3c(=O)c(CNC[C@@H]4CCC(=O)N4)cnc3c2)cccc1-c1cccc(-c2ccc3c(c2)C[C@H](NC(=O)CN)C3)c1Cl. The van der Waals surface area contributed by atoms with Gasteiger partial charge in [-0.3, -0.25) is 18.8 Å². The van der Waals surface area contributed by atoms with Gasteiger partial charge in [0.1, 0.15) is 5.65 Å². The molecule has 48 heavy (non-hydrogen) atoms. The number of nitrogens with zero attached hydrogens (tertiary/aromatic N) is 2. The van der Waals surface area contributed by atoms with Gasteiger partial charge in [-0.05, 0) is 77.3 Å². The Morgan fingerprint density at radius 3 is 2.52 bits per heavy atom. The zero-order chi connectivity index (χ0) is 33.4. The molecule has 2 aliphatic rings. The third-order valence-electron chi connectivity index (χ3n) is 9.51. The summed E-state index contributed by atoms with van der Waals surface area (Å²) in [6, 6.07) is 22.7. The second-order valence-corrected chi connectivity index (χ2v) is 13.0. The molecule has 1 aliphatic carbocycles. The zero-order valence-electron chi connectivity index (χ0n) is 26.7. The Hall–Kier alpha value is -4.83. The molecule has 2 aromatic heterocycles. The minimum atomic E-state index is -0.138. The van der Waals surface area contributed by atoms with Crippen molar-refractivity contribution in [1.29, 1.82) is 0 Å². The van der Waals surface area contributed by atoms with Gasteiger partial charge in [0.15, 0.2) is 0 Å². The summed E-state index contributed by atoms with van der Waals surface area (Å²) in [6.45, 7) is 3.06. The van der Waals surface area contributed by atoms with E-state index in [9.17, 15) is 14.4 Å². The number of amides is 2. The average molecular weight is 661 g/mol. The number of benzene rings is 3. The molecule has 0 spiro atoms. The quantitative estimate of drug-likeness (QED) is 0.183. The number of fused-ring (bicyclic) bond motifs is 2. The van der Waals surface area contributed by atoms with Crippen LogP contribution in [0.1, 0.15) is 35.1 Å². The summed E-state index contributed by atoms with van der Waals surface area (Å²) in [6.07, 6.45) is 6.31. The molecule has 0 bridgehead atoms. The lowest BCUT2D eigenvalue weighted by Crippen LogP contribution is -2.39. The highest BCUT2D eigenvalue weighted by Gasteiger charge is 2.24. The van der Waals surface area contributed by atoms with Crippen LogP contribution in [0.25, 0.3) is 39.0 Å². The average Bonchev–Trinajstić information content (AvgIpc) is 3.70. The number of pyridine rings is 1. The predicted molar refractivity (Wildman–Crippen MR) is 189 cm³/mol. The van der Waals surface area contributed by atoms with Crippen molar-refractivity contribution < 1.29 is 9.59 Å². The highest BCUT2D eigenvalue weighted by atomic mass is 35.5. The number of carbonyl (C=O) groups excluding carboxylic acids is 2. The number of aromatic nitrogens is 2. The molecule has 3 aromatic carbocycles. The third-order valence-corrected chi connectivity index (χ3v) is 9.91. The largest absolute Gasteiger partial charge is 0.352 e. The summed E-state index contributed by atoms with van der Waals surface area (Å²) in [5, 5.41) is 9.89. The van der Waals surface area contributed by atoms with Crippen LogP contribution < -0.4 is 27.2 Å². The third kappa shape index (κ3) is 6.24. The Morgan fingerprint density at radius 2 is 1.73 bits per heavy atom. The molecule has 1 fully saturated rings. The van der Waals surface area contributed by atoms with Crippen molar-refractivity contribution in [3.8, 4) is 33.4 Å². The number of rotatable bonds is 9. The summed E-state index contributed by atoms with van der Waals surface area (Å²) in [5.74, 6) is -0.0643. The maximum absolute atomic E-state index is 13.3. The van der Waals surface area contributed by atoms with Crippen LogP contribution in [-0.4, -0.2) is 46.4 Å². The van der Waals surface area contributed by atoms with E-state index < -0.39 is 0 Å². The van der Waals surface area contributed by atoms with Crippen molar-refractivity contribution in [3.05, 3.63) is 117 Å². The molecule has 0 radical (unpaired) electrons. The molecule has 5 aromatic rings. The summed E-state index contributed by atoms with van der Waals surface area (Å²) in [4.78, 5) is 41.2. The Bertz CT molecular complexity index is 2130. The van der Waals surface area contributed by atoms with Crippen molar-refractivity contribution in [2.75, 3.05) is 13.1 Å². The molecule has 9 nitrogen and oxygen atoms in total. The van der Waals surface area contributed by atoms with Gasteiger partial charge < -0.3 is 21.7 Å². The molecule has 2 amide bonds. The van der Waals surface area contributed by atoms with Gasteiger partial charge in [-0.15, -0.1) is 0 Å². The van der Waals surface area contributed by atoms with E-state index in [4.69, 9.17) is 17.3 Å². The lowest BCUT2D eigenvalue weighted by Gasteiger charge is -2.16. The minimum Gasteiger partial charge on any atom is -0.352 e. The predicted octanol–water partition coefficient (Wildman–Crippen LogP) is 4.57. The first kappa shape index (κ1) is 31.8. The normalized spacial score (nSPS) is 17.0. The number of halogens is 1. The van der Waals surface area contributed by atoms with E-state index in [2.05, 4.69) is 58.2 Å². The Morgan fingerprint density at radius 1 is 0.979 bits per heavy atom. The highest BCUT2D eigenvalue weighted by molar-refractivity contribution is 6.36. The van der Waals surface area contributed by atoms with Gasteiger partial charge in [-0.2, -0.15) is 0 Å². The van der Waals surface area contributed by atoms with Crippen LogP contribution in [0.15, 0.2) is 83.9 Å². The van der Waals surface area contributed by atoms with Gasteiger partial charge in [-0.1, -0.05) is 66.2 Å². The van der Waals surface area contributed by atoms with Gasteiger partial charge in [-0.25, -0.2) is 4.98 Å². The molecule has 0 saturated carbocycles. The van der Waals surface area contributed by atoms with E-state index in [0.29, 0.717) is 35.7 Å². The molecule has 244 valence electrons. The summed E-state index contributed by atoms with van der Waals surface area (Å²) >= 11 is 7.16. The van der Waals surface area contributed by atoms with Crippen molar-refractivity contribution in [2.24, 2.45) is 5.73 Å². The molecule has 1 aliphatic heterocycles.